The van der Waals surface area contributed by atoms with Crippen molar-refractivity contribution in [1.82, 2.24) is 10.2 Å². The molecule has 2 amide bonds. The summed E-state index contributed by atoms with van der Waals surface area (Å²) in [4.78, 5) is 55.1. The van der Waals surface area contributed by atoms with E-state index in [1.165, 1.54) is 6.92 Å². The average molecular weight is 603 g/mol. The molecule has 0 aliphatic heterocycles. The number of Topliss-reactive ketones (excluding diaryl/α,β-unsaturated/α-hetero) is 2. The molecule has 5 atom stereocenters. The highest BCUT2D eigenvalue weighted by Gasteiger charge is 2.59. The van der Waals surface area contributed by atoms with E-state index in [9.17, 15) is 39.6 Å². The highest BCUT2D eigenvalue weighted by Crippen LogP contribution is 2.51. The van der Waals surface area contributed by atoms with Crippen molar-refractivity contribution in [2.24, 2.45) is 23.5 Å². The van der Waals surface area contributed by atoms with Gasteiger partial charge in [0.2, 0.25) is 5.91 Å². The summed E-state index contributed by atoms with van der Waals surface area (Å²) in [6, 6.07) is 0.807. The SMILES string of the molecule is C=CCCOC(=O)NCc1cc(N(C)C)c2c(c1O)C(=O)C1=C(O)[C@](O)(C(=O)C(C)C(N)=O)[C@H]([C@@H](CO)N(C)C)C[C@@H]1C2. The Hall–Kier alpha value is -3.94. The molecular weight excluding hydrogens is 560 g/mol. The molecular formula is C30H42N4O9. The van der Waals surface area contributed by atoms with Gasteiger partial charge in [-0.1, -0.05) is 6.08 Å². The number of hydrogen-bond donors (Lipinski definition) is 6. The molecule has 236 valence electrons. The van der Waals surface area contributed by atoms with Crippen molar-refractivity contribution >= 4 is 29.3 Å². The Morgan fingerprint density at radius 1 is 1.26 bits per heavy atom. The lowest BCUT2D eigenvalue weighted by molar-refractivity contribution is -0.155. The number of phenols is 1. The molecule has 0 heterocycles. The number of nitrogens with zero attached hydrogens (tertiary/aromatic N) is 2. The molecule has 7 N–H and O–H groups in total. The fourth-order valence-corrected chi connectivity index (χ4v) is 6.06. The first-order valence-electron chi connectivity index (χ1n) is 14.0. The van der Waals surface area contributed by atoms with E-state index in [4.69, 9.17) is 10.5 Å². The number of allylic oxidation sites excluding steroid dienone is 1. The number of nitrogens with one attached hydrogen (secondary N) is 1. The van der Waals surface area contributed by atoms with E-state index in [-0.39, 0.29) is 42.7 Å². The van der Waals surface area contributed by atoms with Crippen molar-refractivity contribution in [3.05, 3.63) is 46.7 Å². The second kappa shape index (κ2) is 13.1. The number of aliphatic hydroxyl groups excluding tert-OH is 2. The Labute approximate surface area is 250 Å². The topological polar surface area (TPSA) is 203 Å². The zero-order valence-corrected chi connectivity index (χ0v) is 25.2. The predicted octanol–water partition coefficient (Wildman–Crippen LogP) is 0.792. The summed E-state index contributed by atoms with van der Waals surface area (Å²) in [5.74, 6) is -7.62. The summed E-state index contributed by atoms with van der Waals surface area (Å²) < 4.78 is 5.04. The molecule has 0 saturated heterocycles. The highest BCUT2D eigenvalue weighted by atomic mass is 16.5. The van der Waals surface area contributed by atoms with Crippen molar-refractivity contribution in [2.75, 3.05) is 46.3 Å². The Morgan fingerprint density at radius 2 is 1.91 bits per heavy atom. The van der Waals surface area contributed by atoms with E-state index in [2.05, 4.69) is 11.9 Å². The number of benzene rings is 1. The number of amides is 2. The Balaban J connectivity index is 2.19. The lowest BCUT2D eigenvalue weighted by Crippen LogP contribution is -2.62. The van der Waals surface area contributed by atoms with Gasteiger partial charge in [-0.25, -0.2) is 4.79 Å². The number of rotatable bonds is 12. The fraction of sp³-hybridized carbons (Fsp3) is 0.533. The van der Waals surface area contributed by atoms with Crippen molar-refractivity contribution in [3.63, 3.8) is 0 Å². The van der Waals surface area contributed by atoms with E-state index < -0.39 is 71.1 Å². The van der Waals surface area contributed by atoms with E-state index in [1.807, 2.05) is 0 Å². The number of carbonyl (C=O) groups excluding carboxylic acids is 4. The van der Waals surface area contributed by atoms with Crippen LogP contribution in [-0.4, -0.2) is 102 Å². The van der Waals surface area contributed by atoms with Gasteiger partial charge in [0.1, 0.15) is 11.5 Å². The van der Waals surface area contributed by atoms with Crippen LogP contribution < -0.4 is 16.0 Å². The predicted molar refractivity (Wildman–Crippen MR) is 158 cm³/mol. The maximum atomic E-state index is 14.1. The third kappa shape index (κ3) is 6.10. The molecule has 3 rings (SSSR count). The summed E-state index contributed by atoms with van der Waals surface area (Å²) in [6.07, 6.45) is 1.46. The minimum Gasteiger partial charge on any atom is -0.508 e. The summed E-state index contributed by atoms with van der Waals surface area (Å²) in [5.41, 5.74) is 3.52. The van der Waals surface area contributed by atoms with Gasteiger partial charge in [-0.3, -0.25) is 14.4 Å². The van der Waals surface area contributed by atoms with Gasteiger partial charge in [0.05, 0.1) is 24.7 Å². The number of hydrogen-bond acceptors (Lipinski definition) is 11. The van der Waals surface area contributed by atoms with Crippen LogP contribution in [0, 0.1) is 17.8 Å². The van der Waals surface area contributed by atoms with E-state index in [0.29, 0.717) is 17.7 Å². The monoisotopic (exact) mass is 602 g/mol. The largest absolute Gasteiger partial charge is 0.508 e. The van der Waals surface area contributed by atoms with E-state index >= 15 is 0 Å². The molecule has 13 nitrogen and oxygen atoms in total. The molecule has 0 spiro atoms. The first-order chi connectivity index (χ1) is 20.1. The third-order valence-electron chi connectivity index (χ3n) is 8.46. The lowest BCUT2D eigenvalue weighted by atomic mass is 9.60. The molecule has 0 radical (unpaired) electrons. The summed E-state index contributed by atoms with van der Waals surface area (Å²) in [5, 5.41) is 47.6. The zero-order chi connectivity index (χ0) is 32.4. The van der Waals surface area contributed by atoms with Crippen LogP contribution in [-0.2, 0) is 27.3 Å². The second-order valence-corrected chi connectivity index (χ2v) is 11.5. The summed E-state index contributed by atoms with van der Waals surface area (Å²) in [6.45, 7) is 4.19. The van der Waals surface area contributed by atoms with E-state index in [0.717, 1.165) is 0 Å². The number of primary amides is 1. The maximum Gasteiger partial charge on any atom is 0.407 e. The Bertz CT molecular complexity index is 1340. The molecule has 2 aliphatic carbocycles. The van der Waals surface area contributed by atoms with Crippen LogP contribution in [0.2, 0.25) is 0 Å². The molecule has 1 unspecified atom stereocenters. The third-order valence-corrected chi connectivity index (χ3v) is 8.46. The average Bonchev–Trinajstić information content (AvgIpc) is 2.94. The molecule has 0 fully saturated rings. The molecule has 0 bridgehead atoms. The molecule has 0 saturated carbocycles. The van der Waals surface area contributed by atoms with Crippen LogP contribution in [0.4, 0.5) is 10.5 Å². The van der Waals surface area contributed by atoms with Crippen molar-refractivity contribution in [2.45, 2.75) is 44.4 Å². The number of phenolic OH excluding ortho intramolecular Hbond substituents is 1. The van der Waals surface area contributed by atoms with Crippen LogP contribution in [0.3, 0.4) is 0 Å². The Morgan fingerprint density at radius 3 is 2.44 bits per heavy atom. The van der Waals surface area contributed by atoms with Crippen molar-refractivity contribution in [1.29, 1.82) is 0 Å². The summed E-state index contributed by atoms with van der Waals surface area (Å²) >= 11 is 0. The van der Waals surface area contributed by atoms with Gasteiger partial charge in [-0.2, -0.15) is 0 Å². The number of alkyl carbamates (subject to hydrolysis) is 1. The van der Waals surface area contributed by atoms with Crippen molar-refractivity contribution < 1.29 is 44.3 Å². The summed E-state index contributed by atoms with van der Waals surface area (Å²) in [7, 11) is 6.77. The highest BCUT2D eigenvalue weighted by molar-refractivity contribution is 6.16. The lowest BCUT2D eigenvalue weighted by Gasteiger charge is -2.48. The van der Waals surface area contributed by atoms with Gasteiger partial charge in [-0.05, 0) is 57.8 Å². The van der Waals surface area contributed by atoms with Gasteiger partial charge in [0.25, 0.3) is 0 Å². The smallest absolute Gasteiger partial charge is 0.407 e. The number of ketones is 2. The van der Waals surface area contributed by atoms with Crippen LogP contribution in [0.5, 0.6) is 5.75 Å². The van der Waals surface area contributed by atoms with Gasteiger partial charge in [0, 0.05) is 49.4 Å². The molecule has 43 heavy (non-hydrogen) atoms. The molecule has 1 aromatic carbocycles. The molecule has 0 aromatic heterocycles. The quantitative estimate of drug-likeness (QED) is 0.112. The zero-order valence-electron chi connectivity index (χ0n) is 25.2. The maximum absolute atomic E-state index is 14.1. The normalized spacial score (nSPS) is 22.7. The van der Waals surface area contributed by atoms with Gasteiger partial charge in [-0.15, -0.1) is 6.58 Å². The number of aromatic hydroxyl groups is 1. The number of carbonyl (C=O) groups is 4. The number of ether oxygens (including phenoxy) is 1. The van der Waals surface area contributed by atoms with Crippen molar-refractivity contribution in [3.8, 4) is 5.75 Å². The van der Waals surface area contributed by atoms with Gasteiger partial charge < -0.3 is 46.0 Å². The number of aliphatic hydroxyl groups is 3. The Kier molecular flexibility index (Phi) is 10.3. The minimum atomic E-state index is -2.72. The fourth-order valence-electron chi connectivity index (χ4n) is 6.06. The molecule has 1 aromatic rings. The number of fused-ring (bicyclic) bond motifs is 2. The number of likely N-dealkylation sites (N-methyl/N-ethyl adjacent to an activating group) is 1. The molecule has 13 heteroatoms. The van der Waals surface area contributed by atoms with Crippen LogP contribution in [0.15, 0.2) is 30.1 Å². The van der Waals surface area contributed by atoms with Gasteiger partial charge in [0.15, 0.2) is 17.2 Å². The van der Waals surface area contributed by atoms with Gasteiger partial charge >= 0.3 is 6.09 Å². The first-order valence-corrected chi connectivity index (χ1v) is 14.0. The standard InChI is InChI=1S/C30H42N4O9/c1-7-8-9-43-29(41)32-13-17-12-20(33(3)4)18-10-16-11-19(21(14-35)34(5)6)30(42,26(38)15(2)28(31)40)27(39)22(16)25(37)23(18)24(17)36/h7,12,15-16,19,21,35-36,39,42H,1,8-11,13-14H2,2-6H3,(H2,31,40)(H,32,41)/t15?,16-,19-,21+,30+/m0/s1. The van der Waals surface area contributed by atoms with Crippen LogP contribution in [0.25, 0.3) is 0 Å². The second-order valence-electron chi connectivity index (χ2n) is 11.5. The molecule has 2 aliphatic rings. The van der Waals surface area contributed by atoms with E-state index in [1.54, 1.807) is 50.1 Å². The van der Waals surface area contributed by atoms with Crippen LogP contribution >= 0.6 is 0 Å². The number of nitrogens with two attached hydrogens (primary N) is 1. The number of anilines is 1. The van der Waals surface area contributed by atoms with Crippen LogP contribution in [0.1, 0.15) is 41.3 Å². The first kappa shape index (κ1) is 33.6. The minimum absolute atomic E-state index is 0.00477.